The molecule has 2 N–H and O–H groups in total. The number of amides is 1. The van der Waals surface area contributed by atoms with Gasteiger partial charge in [-0.2, -0.15) is 0 Å². The van der Waals surface area contributed by atoms with E-state index in [0.29, 0.717) is 18.9 Å². The second kappa shape index (κ2) is 9.03. The smallest absolute Gasteiger partial charge is 0.232 e. The maximum atomic E-state index is 12.0. The monoisotopic (exact) mass is 295 g/mol. The van der Waals surface area contributed by atoms with Gasteiger partial charge in [0.25, 0.3) is 0 Å². The van der Waals surface area contributed by atoms with Crippen LogP contribution < -0.4 is 5.32 Å². The summed E-state index contributed by atoms with van der Waals surface area (Å²) in [5.74, 6) is 1.22. The van der Waals surface area contributed by atoms with Gasteiger partial charge < -0.3 is 10.4 Å². The van der Waals surface area contributed by atoms with Crippen molar-refractivity contribution >= 4 is 17.7 Å². The molecule has 3 atom stereocenters. The van der Waals surface area contributed by atoms with E-state index < -0.39 is 0 Å². The molecule has 0 spiro atoms. The van der Waals surface area contributed by atoms with E-state index in [-0.39, 0.29) is 17.3 Å². The second-order valence-corrected chi connectivity index (χ2v) is 6.70. The van der Waals surface area contributed by atoms with Crippen LogP contribution in [0.15, 0.2) is 30.3 Å². The lowest BCUT2D eigenvalue weighted by Crippen LogP contribution is -2.34. The van der Waals surface area contributed by atoms with Gasteiger partial charge in [-0.25, -0.2) is 0 Å². The summed E-state index contributed by atoms with van der Waals surface area (Å²) in [6, 6.07) is 10.2. The molecule has 112 valence electrons. The minimum absolute atomic E-state index is 0.0612. The number of benzene rings is 1. The predicted octanol–water partition coefficient (Wildman–Crippen LogP) is 2.83. The van der Waals surface area contributed by atoms with Gasteiger partial charge in [0.2, 0.25) is 5.91 Å². The van der Waals surface area contributed by atoms with E-state index in [1.807, 2.05) is 32.0 Å². The first-order valence-electron chi connectivity index (χ1n) is 7.10. The van der Waals surface area contributed by atoms with Crippen LogP contribution in [-0.4, -0.2) is 28.9 Å². The molecule has 0 radical (unpaired) electrons. The van der Waals surface area contributed by atoms with E-state index in [4.69, 9.17) is 0 Å². The molecule has 3 unspecified atom stereocenters. The Hall–Kier alpha value is -1.00. The number of aliphatic hydroxyl groups excluding tert-OH is 1. The Balaban J connectivity index is 2.25. The molecule has 4 heteroatoms. The molecule has 0 saturated heterocycles. The van der Waals surface area contributed by atoms with Crippen molar-refractivity contribution in [3.8, 4) is 0 Å². The molecule has 0 aliphatic heterocycles. The summed E-state index contributed by atoms with van der Waals surface area (Å²) in [5.41, 5.74) is 1.24. The topological polar surface area (TPSA) is 49.3 Å². The minimum atomic E-state index is -0.313. The first kappa shape index (κ1) is 17.1. The number of hydrogen-bond donors (Lipinski definition) is 2. The van der Waals surface area contributed by atoms with Gasteiger partial charge in [0.15, 0.2) is 0 Å². The van der Waals surface area contributed by atoms with Gasteiger partial charge >= 0.3 is 0 Å². The lowest BCUT2D eigenvalue weighted by molar-refractivity contribution is -0.120. The van der Waals surface area contributed by atoms with E-state index >= 15 is 0 Å². The lowest BCUT2D eigenvalue weighted by Gasteiger charge is -2.16. The van der Waals surface area contributed by atoms with Crippen molar-refractivity contribution in [1.82, 2.24) is 5.32 Å². The summed E-state index contributed by atoms with van der Waals surface area (Å²) in [5, 5.41) is 12.2. The molecular weight excluding hydrogens is 270 g/mol. The fourth-order valence-electron chi connectivity index (χ4n) is 1.96. The number of aliphatic hydroxyl groups is 1. The molecule has 0 fully saturated rings. The Kier molecular flexibility index (Phi) is 7.70. The number of thioether (sulfide) groups is 1. The highest BCUT2D eigenvalue weighted by molar-refractivity contribution is 7.99. The average Bonchev–Trinajstić information content (AvgIpc) is 2.42. The van der Waals surface area contributed by atoms with Gasteiger partial charge in [-0.3, -0.25) is 4.79 Å². The molecular formula is C16H25NO2S. The van der Waals surface area contributed by atoms with E-state index in [1.165, 1.54) is 5.56 Å². The van der Waals surface area contributed by atoms with Crippen molar-refractivity contribution in [2.45, 2.75) is 44.3 Å². The highest BCUT2D eigenvalue weighted by atomic mass is 32.2. The van der Waals surface area contributed by atoms with Crippen LogP contribution in [0.1, 0.15) is 32.8 Å². The van der Waals surface area contributed by atoms with Crippen LogP contribution in [0, 0.1) is 5.92 Å². The normalized spacial score (nSPS) is 15.4. The van der Waals surface area contributed by atoms with Crippen LogP contribution in [0.2, 0.25) is 0 Å². The molecule has 0 heterocycles. The zero-order valence-corrected chi connectivity index (χ0v) is 13.3. The van der Waals surface area contributed by atoms with Crippen LogP contribution in [0.4, 0.5) is 0 Å². The Morgan fingerprint density at radius 1 is 1.25 bits per heavy atom. The summed E-state index contributed by atoms with van der Waals surface area (Å²) in [6.07, 6.45) is 0.401. The van der Waals surface area contributed by atoms with Crippen molar-refractivity contribution < 1.29 is 9.90 Å². The van der Waals surface area contributed by atoms with Crippen LogP contribution >= 0.6 is 11.8 Å². The Bertz CT molecular complexity index is 395. The van der Waals surface area contributed by atoms with Crippen molar-refractivity contribution in [3.05, 3.63) is 35.9 Å². The summed E-state index contributed by atoms with van der Waals surface area (Å²) in [7, 11) is 0. The van der Waals surface area contributed by atoms with Gasteiger partial charge in [0.05, 0.1) is 11.4 Å². The van der Waals surface area contributed by atoms with Gasteiger partial charge in [0, 0.05) is 12.3 Å². The standard InChI is InChI=1S/C16H25NO2S/c1-12(9-13(2)18)10-17-16(19)14(3)20-11-15-7-5-4-6-8-15/h4-8,12-14,18H,9-11H2,1-3H3,(H,17,19). The highest BCUT2D eigenvalue weighted by Gasteiger charge is 2.14. The molecule has 1 rings (SSSR count). The predicted molar refractivity (Wildman–Crippen MR) is 85.7 cm³/mol. The van der Waals surface area contributed by atoms with Gasteiger partial charge in [-0.1, -0.05) is 37.3 Å². The van der Waals surface area contributed by atoms with Crippen LogP contribution in [0.5, 0.6) is 0 Å². The summed E-state index contributed by atoms with van der Waals surface area (Å²) in [4.78, 5) is 12.0. The largest absolute Gasteiger partial charge is 0.393 e. The first-order chi connectivity index (χ1) is 9.49. The summed E-state index contributed by atoms with van der Waals surface area (Å²) < 4.78 is 0. The lowest BCUT2D eigenvalue weighted by atomic mass is 10.0. The third-order valence-electron chi connectivity index (χ3n) is 3.08. The van der Waals surface area contributed by atoms with Crippen LogP contribution in [-0.2, 0) is 10.5 Å². The fourth-order valence-corrected chi connectivity index (χ4v) is 2.82. The van der Waals surface area contributed by atoms with E-state index in [1.54, 1.807) is 18.7 Å². The number of carbonyl (C=O) groups is 1. The van der Waals surface area contributed by atoms with Gasteiger partial charge in [0.1, 0.15) is 0 Å². The Labute approximate surface area is 126 Å². The van der Waals surface area contributed by atoms with Crippen molar-refractivity contribution in [2.75, 3.05) is 6.54 Å². The molecule has 0 aromatic heterocycles. The van der Waals surface area contributed by atoms with Crippen LogP contribution in [0.25, 0.3) is 0 Å². The van der Waals surface area contributed by atoms with Crippen molar-refractivity contribution in [3.63, 3.8) is 0 Å². The Morgan fingerprint density at radius 2 is 1.90 bits per heavy atom. The van der Waals surface area contributed by atoms with E-state index in [0.717, 1.165) is 5.75 Å². The van der Waals surface area contributed by atoms with Crippen molar-refractivity contribution in [1.29, 1.82) is 0 Å². The first-order valence-corrected chi connectivity index (χ1v) is 8.15. The minimum Gasteiger partial charge on any atom is -0.393 e. The second-order valence-electron chi connectivity index (χ2n) is 5.37. The molecule has 1 aromatic carbocycles. The van der Waals surface area contributed by atoms with Gasteiger partial charge in [-0.15, -0.1) is 11.8 Å². The number of hydrogen-bond acceptors (Lipinski definition) is 3. The Morgan fingerprint density at radius 3 is 2.50 bits per heavy atom. The molecule has 0 aliphatic rings. The average molecular weight is 295 g/mol. The van der Waals surface area contributed by atoms with Gasteiger partial charge in [-0.05, 0) is 31.7 Å². The highest BCUT2D eigenvalue weighted by Crippen LogP contribution is 2.17. The maximum absolute atomic E-state index is 12.0. The van der Waals surface area contributed by atoms with Crippen LogP contribution in [0.3, 0.4) is 0 Å². The maximum Gasteiger partial charge on any atom is 0.232 e. The molecule has 20 heavy (non-hydrogen) atoms. The molecule has 1 aromatic rings. The molecule has 3 nitrogen and oxygen atoms in total. The number of nitrogens with one attached hydrogen (secondary N) is 1. The third kappa shape index (κ3) is 6.96. The quantitative estimate of drug-likeness (QED) is 0.775. The number of carbonyl (C=O) groups excluding carboxylic acids is 1. The summed E-state index contributed by atoms with van der Waals surface area (Å²) >= 11 is 1.64. The molecule has 0 aliphatic carbocycles. The molecule has 0 saturated carbocycles. The fraction of sp³-hybridized carbons (Fsp3) is 0.562. The zero-order valence-electron chi connectivity index (χ0n) is 12.5. The molecule has 1 amide bonds. The molecule has 0 bridgehead atoms. The summed E-state index contributed by atoms with van der Waals surface area (Å²) in [6.45, 7) is 6.37. The SMILES string of the molecule is CC(O)CC(C)CNC(=O)C(C)SCc1ccccc1. The van der Waals surface area contributed by atoms with E-state index in [9.17, 15) is 9.90 Å². The van der Waals surface area contributed by atoms with Crippen molar-refractivity contribution in [2.24, 2.45) is 5.92 Å². The zero-order chi connectivity index (χ0) is 15.0. The van der Waals surface area contributed by atoms with E-state index in [2.05, 4.69) is 17.4 Å². The third-order valence-corrected chi connectivity index (χ3v) is 4.29. The number of rotatable bonds is 8.